The lowest BCUT2D eigenvalue weighted by atomic mass is 10.1. The van der Waals surface area contributed by atoms with Gasteiger partial charge in [-0.05, 0) is 18.2 Å². The Morgan fingerprint density at radius 1 is 1.33 bits per heavy atom. The minimum absolute atomic E-state index is 0.357. The molecule has 0 radical (unpaired) electrons. The normalized spacial score (nSPS) is 10.2. The Hall–Kier alpha value is -2.10. The molecule has 0 spiro atoms. The number of rotatable bonds is 2. The highest BCUT2D eigenvalue weighted by Crippen LogP contribution is 2.25. The molecule has 2 rings (SSSR count). The Morgan fingerprint density at radius 2 is 2.13 bits per heavy atom. The first-order valence-corrected chi connectivity index (χ1v) is 4.31. The van der Waals surface area contributed by atoms with E-state index in [1.165, 1.54) is 19.2 Å². The van der Waals surface area contributed by atoms with Gasteiger partial charge in [-0.2, -0.15) is 0 Å². The minimum Gasteiger partial charge on any atom is -0.493 e. The molecule has 0 amide bonds. The van der Waals surface area contributed by atoms with Crippen LogP contribution in [0, 0.1) is 0 Å². The number of hydrogen-bond acceptors (Lipinski definition) is 4. The minimum atomic E-state index is -0.445. The van der Waals surface area contributed by atoms with Gasteiger partial charge in [-0.15, -0.1) is 0 Å². The zero-order valence-electron chi connectivity index (χ0n) is 8.02. The Labute approximate surface area is 85.1 Å². The molecule has 1 aromatic heterocycles. The summed E-state index contributed by atoms with van der Waals surface area (Å²) in [4.78, 5) is 21.7. The van der Waals surface area contributed by atoms with Crippen LogP contribution in [0.25, 0.3) is 11.0 Å². The molecule has 0 saturated heterocycles. The van der Waals surface area contributed by atoms with Gasteiger partial charge in [0.05, 0.1) is 7.11 Å². The molecule has 0 aliphatic heterocycles. The number of methoxy groups -OCH3 is 1. The molecule has 0 bridgehead atoms. The summed E-state index contributed by atoms with van der Waals surface area (Å²) < 4.78 is 10.0. The van der Waals surface area contributed by atoms with Gasteiger partial charge in [0.25, 0.3) is 0 Å². The molecule has 4 heteroatoms. The number of carbonyl (C=O) groups excluding carboxylic acids is 1. The van der Waals surface area contributed by atoms with Crippen molar-refractivity contribution >= 4 is 17.3 Å². The second-order valence-electron chi connectivity index (χ2n) is 3.01. The summed E-state index contributed by atoms with van der Waals surface area (Å²) in [6.45, 7) is 0. The maximum atomic E-state index is 11.0. The zero-order chi connectivity index (χ0) is 10.8. The molecule has 0 fully saturated rings. The van der Waals surface area contributed by atoms with Crippen LogP contribution in [-0.4, -0.2) is 13.4 Å². The van der Waals surface area contributed by atoms with Crippen molar-refractivity contribution in [2.75, 3.05) is 7.11 Å². The van der Waals surface area contributed by atoms with Crippen molar-refractivity contribution in [2.45, 2.75) is 0 Å². The fraction of sp³-hybridized carbons (Fsp3) is 0.0909. The second kappa shape index (κ2) is 3.57. The van der Waals surface area contributed by atoms with Gasteiger partial charge in [-0.1, -0.05) is 0 Å². The first-order valence-electron chi connectivity index (χ1n) is 4.31. The van der Waals surface area contributed by atoms with E-state index >= 15 is 0 Å². The molecule has 76 valence electrons. The van der Waals surface area contributed by atoms with E-state index in [-0.39, 0.29) is 0 Å². The van der Waals surface area contributed by atoms with Crippen LogP contribution < -0.4 is 10.4 Å². The SMILES string of the molecule is COc1cc(C=O)cc2ccc(=O)oc12. The van der Waals surface area contributed by atoms with E-state index in [4.69, 9.17) is 9.15 Å². The number of hydrogen-bond donors (Lipinski definition) is 0. The lowest BCUT2D eigenvalue weighted by Gasteiger charge is -2.04. The standard InChI is InChI=1S/C11H8O4/c1-14-9-5-7(6-12)4-8-2-3-10(13)15-11(8)9/h2-6H,1H3. The molecule has 0 unspecified atom stereocenters. The molecule has 4 nitrogen and oxygen atoms in total. The first-order chi connectivity index (χ1) is 7.24. The van der Waals surface area contributed by atoms with Crippen LogP contribution in [0.4, 0.5) is 0 Å². The van der Waals surface area contributed by atoms with E-state index in [2.05, 4.69) is 0 Å². The van der Waals surface area contributed by atoms with Gasteiger partial charge in [-0.25, -0.2) is 4.79 Å². The maximum Gasteiger partial charge on any atom is 0.336 e. The molecular formula is C11H8O4. The van der Waals surface area contributed by atoms with Gasteiger partial charge in [-0.3, -0.25) is 4.79 Å². The molecular weight excluding hydrogens is 196 g/mol. The van der Waals surface area contributed by atoms with E-state index in [1.807, 2.05) is 0 Å². The molecule has 0 N–H and O–H groups in total. The highest BCUT2D eigenvalue weighted by Gasteiger charge is 2.06. The van der Waals surface area contributed by atoms with Crippen molar-refractivity contribution < 1.29 is 13.9 Å². The molecule has 2 aromatic rings. The van der Waals surface area contributed by atoms with Crippen molar-refractivity contribution in [3.8, 4) is 5.75 Å². The summed E-state index contributed by atoms with van der Waals surface area (Å²) in [5.41, 5.74) is 0.392. The summed E-state index contributed by atoms with van der Waals surface area (Å²) in [5, 5.41) is 0.663. The third kappa shape index (κ3) is 1.61. The summed E-state index contributed by atoms with van der Waals surface area (Å²) in [7, 11) is 1.45. The van der Waals surface area contributed by atoms with Crippen LogP contribution in [0.5, 0.6) is 5.75 Å². The zero-order valence-corrected chi connectivity index (χ0v) is 8.02. The highest BCUT2D eigenvalue weighted by molar-refractivity contribution is 5.89. The monoisotopic (exact) mass is 204 g/mol. The van der Waals surface area contributed by atoms with E-state index in [0.29, 0.717) is 28.6 Å². The van der Waals surface area contributed by atoms with Crippen molar-refractivity contribution in [3.05, 3.63) is 40.2 Å². The van der Waals surface area contributed by atoms with Crippen molar-refractivity contribution in [2.24, 2.45) is 0 Å². The molecule has 15 heavy (non-hydrogen) atoms. The number of fused-ring (bicyclic) bond motifs is 1. The number of benzene rings is 1. The van der Waals surface area contributed by atoms with E-state index in [9.17, 15) is 9.59 Å². The second-order valence-corrected chi connectivity index (χ2v) is 3.01. The quantitative estimate of drug-likeness (QED) is 0.551. The van der Waals surface area contributed by atoms with E-state index in [0.717, 1.165) is 0 Å². The Morgan fingerprint density at radius 3 is 2.80 bits per heavy atom. The Kier molecular flexibility index (Phi) is 2.25. The van der Waals surface area contributed by atoms with Crippen molar-refractivity contribution in [1.29, 1.82) is 0 Å². The van der Waals surface area contributed by atoms with Crippen molar-refractivity contribution in [3.63, 3.8) is 0 Å². The van der Waals surface area contributed by atoms with Gasteiger partial charge in [0.2, 0.25) is 0 Å². The van der Waals surface area contributed by atoms with Crippen LogP contribution >= 0.6 is 0 Å². The third-order valence-corrected chi connectivity index (χ3v) is 2.06. The van der Waals surface area contributed by atoms with Crippen LogP contribution in [0.1, 0.15) is 10.4 Å². The Balaban J connectivity index is 2.86. The fourth-order valence-corrected chi connectivity index (χ4v) is 1.39. The van der Waals surface area contributed by atoms with E-state index < -0.39 is 5.63 Å². The number of aldehydes is 1. The summed E-state index contributed by atoms with van der Waals surface area (Å²) in [5.74, 6) is 0.382. The number of carbonyl (C=O) groups is 1. The predicted octanol–water partition coefficient (Wildman–Crippen LogP) is 1.61. The van der Waals surface area contributed by atoms with Gasteiger partial charge in [0.15, 0.2) is 11.3 Å². The van der Waals surface area contributed by atoms with Gasteiger partial charge >= 0.3 is 5.63 Å². The first kappa shape index (κ1) is 9.45. The molecule has 0 atom stereocenters. The highest BCUT2D eigenvalue weighted by atomic mass is 16.5. The predicted molar refractivity (Wildman–Crippen MR) is 54.4 cm³/mol. The van der Waals surface area contributed by atoms with Gasteiger partial charge in [0.1, 0.15) is 6.29 Å². The van der Waals surface area contributed by atoms with Crippen LogP contribution in [0.15, 0.2) is 33.5 Å². The lowest BCUT2D eigenvalue weighted by Crippen LogP contribution is -1.97. The third-order valence-electron chi connectivity index (χ3n) is 2.06. The van der Waals surface area contributed by atoms with Crippen LogP contribution in [0.2, 0.25) is 0 Å². The maximum absolute atomic E-state index is 11.0. The molecule has 1 aromatic carbocycles. The average Bonchev–Trinajstić information content (AvgIpc) is 2.27. The van der Waals surface area contributed by atoms with Crippen molar-refractivity contribution in [1.82, 2.24) is 0 Å². The molecule has 0 saturated carbocycles. The summed E-state index contributed by atoms with van der Waals surface area (Å²) >= 11 is 0. The molecule has 1 heterocycles. The van der Waals surface area contributed by atoms with Crippen LogP contribution in [0.3, 0.4) is 0 Å². The topological polar surface area (TPSA) is 56.5 Å². The molecule has 0 aliphatic carbocycles. The average molecular weight is 204 g/mol. The summed E-state index contributed by atoms with van der Waals surface area (Å²) in [6, 6.07) is 6.05. The van der Waals surface area contributed by atoms with Crippen LogP contribution in [-0.2, 0) is 0 Å². The van der Waals surface area contributed by atoms with Gasteiger partial charge in [0, 0.05) is 17.0 Å². The fourth-order valence-electron chi connectivity index (χ4n) is 1.39. The van der Waals surface area contributed by atoms with Gasteiger partial charge < -0.3 is 9.15 Å². The molecule has 0 aliphatic rings. The van der Waals surface area contributed by atoms with E-state index in [1.54, 1.807) is 12.1 Å². The number of ether oxygens (including phenoxy) is 1. The smallest absolute Gasteiger partial charge is 0.336 e. The summed E-state index contributed by atoms with van der Waals surface area (Å²) in [6.07, 6.45) is 0.715. The lowest BCUT2D eigenvalue weighted by molar-refractivity contribution is 0.112. The Bertz CT molecular complexity index is 568. The largest absolute Gasteiger partial charge is 0.493 e.